The molecule has 0 aliphatic carbocycles. The van der Waals surface area contributed by atoms with Crippen LogP contribution in [0, 0.1) is 6.92 Å². The molecule has 1 saturated heterocycles. The van der Waals surface area contributed by atoms with E-state index in [-0.39, 0.29) is 33.1 Å². The molecule has 1 heterocycles. The maximum absolute atomic E-state index is 12.9. The minimum Gasteiger partial charge on any atom is -0.493 e. The summed E-state index contributed by atoms with van der Waals surface area (Å²) >= 11 is 6.67. The third-order valence-corrected chi connectivity index (χ3v) is 7.49. The van der Waals surface area contributed by atoms with E-state index in [1.165, 1.54) is 48.4 Å². The topological polar surface area (TPSA) is 90.0 Å². The summed E-state index contributed by atoms with van der Waals surface area (Å²) in [7, 11) is -2.75. The summed E-state index contributed by atoms with van der Waals surface area (Å²) in [6.45, 7) is 2.13. The van der Waals surface area contributed by atoms with Crippen LogP contribution in [0.3, 0.4) is 0 Å². The number of hydrogen-bond donors (Lipinski definition) is 0. The number of rotatable bonds is 7. The first-order valence-electron chi connectivity index (χ1n) is 10.4. The minimum atomic E-state index is -4.12. The van der Waals surface area contributed by atoms with Gasteiger partial charge in [0.25, 0.3) is 11.1 Å². The molecule has 0 unspecified atom stereocenters. The van der Waals surface area contributed by atoms with Gasteiger partial charge < -0.3 is 8.92 Å². The lowest BCUT2D eigenvalue weighted by Gasteiger charge is -2.13. The van der Waals surface area contributed by atoms with Gasteiger partial charge in [-0.1, -0.05) is 47.5 Å². The quantitative estimate of drug-likeness (QED) is 0.288. The molecule has 0 spiro atoms. The van der Waals surface area contributed by atoms with Crippen LogP contribution >= 0.6 is 23.4 Å². The van der Waals surface area contributed by atoms with E-state index in [2.05, 4.69) is 0 Å². The number of ether oxygens (including phenoxy) is 1. The highest BCUT2D eigenvalue weighted by Gasteiger charge is 2.35. The van der Waals surface area contributed by atoms with Crippen molar-refractivity contribution >= 4 is 50.7 Å². The Morgan fingerprint density at radius 2 is 1.74 bits per heavy atom. The fourth-order valence-electron chi connectivity index (χ4n) is 3.39. The number of hydrogen-bond acceptors (Lipinski definition) is 7. The van der Waals surface area contributed by atoms with Crippen molar-refractivity contribution in [2.75, 3.05) is 7.11 Å². The van der Waals surface area contributed by atoms with Crippen LogP contribution in [0.2, 0.25) is 5.02 Å². The Morgan fingerprint density at radius 1 is 1.00 bits per heavy atom. The third kappa shape index (κ3) is 5.70. The number of benzene rings is 3. The van der Waals surface area contributed by atoms with E-state index in [1.807, 2.05) is 31.2 Å². The molecule has 3 aromatic carbocycles. The normalized spacial score (nSPS) is 15.1. The Bertz CT molecular complexity index is 1430. The highest BCUT2D eigenvalue weighted by atomic mass is 35.5. The standard InChI is InChI=1S/C25H20ClNO6S2/c1-16-4-3-5-18(12-16)15-27-24(28)23(34-25(27)29)14-17-6-11-21(22(13-17)32-2)33-35(30,31)20-9-7-19(26)8-10-20/h3-14H,15H2,1-2H3/b23-14-. The van der Waals surface area contributed by atoms with Gasteiger partial charge in [-0.2, -0.15) is 8.42 Å². The predicted molar refractivity (Wildman–Crippen MR) is 135 cm³/mol. The number of halogens is 1. The van der Waals surface area contributed by atoms with Crippen molar-refractivity contribution in [2.45, 2.75) is 18.4 Å². The molecule has 1 aliphatic rings. The summed E-state index contributed by atoms with van der Waals surface area (Å²) in [5.74, 6) is -0.270. The van der Waals surface area contributed by atoms with Crippen molar-refractivity contribution in [3.8, 4) is 11.5 Å². The van der Waals surface area contributed by atoms with Crippen LogP contribution in [-0.2, 0) is 21.5 Å². The zero-order valence-electron chi connectivity index (χ0n) is 18.7. The van der Waals surface area contributed by atoms with Crippen LogP contribution < -0.4 is 8.92 Å². The van der Waals surface area contributed by atoms with Crippen LogP contribution in [0.25, 0.3) is 6.08 Å². The van der Waals surface area contributed by atoms with Gasteiger partial charge in [-0.25, -0.2) is 0 Å². The van der Waals surface area contributed by atoms with E-state index in [9.17, 15) is 18.0 Å². The second-order valence-electron chi connectivity index (χ2n) is 7.66. The number of aryl methyl sites for hydroxylation is 1. The van der Waals surface area contributed by atoms with E-state index in [0.29, 0.717) is 10.6 Å². The van der Waals surface area contributed by atoms with Crippen molar-refractivity contribution in [3.63, 3.8) is 0 Å². The molecule has 2 amide bonds. The molecule has 0 bridgehead atoms. The van der Waals surface area contributed by atoms with Crippen molar-refractivity contribution in [3.05, 3.63) is 93.3 Å². The van der Waals surface area contributed by atoms with Crippen LogP contribution in [0.5, 0.6) is 11.5 Å². The van der Waals surface area contributed by atoms with Crippen molar-refractivity contribution in [2.24, 2.45) is 0 Å². The molecular formula is C25H20ClNO6S2. The summed E-state index contributed by atoms with van der Waals surface area (Å²) < 4.78 is 35.8. The first kappa shape index (κ1) is 24.8. The van der Waals surface area contributed by atoms with Crippen LogP contribution in [-0.4, -0.2) is 31.6 Å². The first-order chi connectivity index (χ1) is 16.7. The average molecular weight is 530 g/mol. The van der Waals surface area contributed by atoms with Gasteiger partial charge in [0.2, 0.25) is 0 Å². The molecule has 1 aliphatic heterocycles. The Labute approximate surface area is 212 Å². The molecule has 0 N–H and O–H groups in total. The molecular weight excluding hydrogens is 510 g/mol. The smallest absolute Gasteiger partial charge is 0.339 e. The van der Waals surface area contributed by atoms with Gasteiger partial charge in [-0.15, -0.1) is 0 Å². The first-order valence-corrected chi connectivity index (χ1v) is 13.0. The Balaban J connectivity index is 1.55. The summed E-state index contributed by atoms with van der Waals surface area (Å²) in [4.78, 5) is 26.7. The Kier molecular flexibility index (Phi) is 7.20. The van der Waals surface area contributed by atoms with Crippen molar-refractivity contribution in [1.82, 2.24) is 4.90 Å². The molecule has 0 aromatic heterocycles. The second-order valence-corrected chi connectivity index (χ2v) is 10.6. The number of thioether (sulfide) groups is 1. The molecule has 7 nitrogen and oxygen atoms in total. The summed E-state index contributed by atoms with van der Waals surface area (Å²) in [5, 5.41) is 0.0397. The summed E-state index contributed by atoms with van der Waals surface area (Å²) in [6, 6.07) is 17.7. The van der Waals surface area contributed by atoms with Gasteiger partial charge in [0.1, 0.15) is 4.90 Å². The largest absolute Gasteiger partial charge is 0.493 e. The van der Waals surface area contributed by atoms with E-state index in [0.717, 1.165) is 22.9 Å². The fourth-order valence-corrected chi connectivity index (χ4v) is 5.30. The summed E-state index contributed by atoms with van der Waals surface area (Å²) in [6.07, 6.45) is 1.56. The zero-order valence-corrected chi connectivity index (χ0v) is 21.1. The van der Waals surface area contributed by atoms with Gasteiger partial charge in [-0.05, 0) is 72.3 Å². The van der Waals surface area contributed by atoms with E-state index in [4.69, 9.17) is 20.5 Å². The maximum atomic E-state index is 12.9. The molecule has 0 atom stereocenters. The lowest BCUT2D eigenvalue weighted by Crippen LogP contribution is -2.27. The van der Waals surface area contributed by atoms with E-state index < -0.39 is 16.0 Å². The van der Waals surface area contributed by atoms with Crippen molar-refractivity contribution < 1.29 is 26.9 Å². The van der Waals surface area contributed by atoms with Crippen molar-refractivity contribution in [1.29, 1.82) is 0 Å². The number of carbonyl (C=O) groups is 2. The Morgan fingerprint density at radius 3 is 2.43 bits per heavy atom. The molecule has 3 aromatic rings. The third-order valence-electron chi connectivity index (χ3n) is 5.08. The van der Waals surface area contributed by atoms with Gasteiger partial charge in [0.05, 0.1) is 18.6 Å². The fraction of sp³-hybridized carbons (Fsp3) is 0.120. The zero-order chi connectivity index (χ0) is 25.2. The Hall–Kier alpha value is -3.27. The van der Waals surface area contributed by atoms with Gasteiger partial charge in [0, 0.05) is 5.02 Å². The number of nitrogens with zero attached hydrogens (tertiary/aromatic N) is 1. The van der Waals surface area contributed by atoms with Crippen LogP contribution in [0.15, 0.2) is 76.5 Å². The highest BCUT2D eigenvalue weighted by molar-refractivity contribution is 8.18. The van der Waals surface area contributed by atoms with Gasteiger partial charge >= 0.3 is 10.1 Å². The number of amides is 2. The monoisotopic (exact) mass is 529 g/mol. The lowest BCUT2D eigenvalue weighted by atomic mass is 10.1. The van der Waals surface area contributed by atoms with Crippen LogP contribution in [0.4, 0.5) is 4.79 Å². The molecule has 10 heteroatoms. The number of imide groups is 1. The molecule has 4 rings (SSSR count). The predicted octanol–water partition coefficient (Wildman–Crippen LogP) is 5.66. The molecule has 180 valence electrons. The second kappa shape index (κ2) is 10.2. The molecule has 35 heavy (non-hydrogen) atoms. The van der Waals surface area contributed by atoms with Crippen LogP contribution in [0.1, 0.15) is 16.7 Å². The lowest BCUT2D eigenvalue weighted by molar-refractivity contribution is -0.123. The molecule has 0 radical (unpaired) electrons. The molecule has 1 fully saturated rings. The number of methoxy groups -OCH3 is 1. The minimum absolute atomic E-state index is 0.0212. The van der Waals surface area contributed by atoms with E-state index >= 15 is 0 Å². The summed E-state index contributed by atoms with van der Waals surface area (Å²) in [5.41, 5.74) is 2.44. The maximum Gasteiger partial charge on any atom is 0.339 e. The highest BCUT2D eigenvalue weighted by Crippen LogP contribution is 2.36. The average Bonchev–Trinajstić information content (AvgIpc) is 3.07. The molecule has 0 saturated carbocycles. The SMILES string of the molecule is COc1cc(/C=C2\SC(=O)N(Cc3cccc(C)c3)C2=O)ccc1OS(=O)(=O)c1ccc(Cl)cc1. The number of carbonyl (C=O) groups excluding carboxylic acids is 2. The van der Waals surface area contributed by atoms with E-state index in [1.54, 1.807) is 12.1 Å². The van der Waals surface area contributed by atoms with Gasteiger partial charge in [-0.3, -0.25) is 14.5 Å². The van der Waals surface area contributed by atoms with Gasteiger partial charge in [0.15, 0.2) is 11.5 Å².